The largest absolute Gasteiger partial charge is 0.508 e. The van der Waals surface area contributed by atoms with Crippen molar-refractivity contribution < 1.29 is 10.2 Å². The van der Waals surface area contributed by atoms with E-state index in [4.69, 9.17) is 5.10 Å². The lowest BCUT2D eigenvalue weighted by molar-refractivity contribution is 0.475. The van der Waals surface area contributed by atoms with Crippen molar-refractivity contribution in [2.24, 2.45) is 5.10 Å². The molecule has 4 nitrogen and oxygen atoms in total. The molecule has 0 fully saturated rings. The highest BCUT2D eigenvalue weighted by Gasteiger charge is 2.08. The number of benzene rings is 4. The first-order chi connectivity index (χ1) is 15.2. The van der Waals surface area contributed by atoms with Crippen LogP contribution in [0, 0.1) is 0 Å². The summed E-state index contributed by atoms with van der Waals surface area (Å²) >= 11 is 0. The zero-order valence-corrected chi connectivity index (χ0v) is 16.8. The van der Waals surface area contributed by atoms with Gasteiger partial charge in [-0.05, 0) is 71.3 Å². The molecule has 0 saturated carbocycles. The molecule has 0 bridgehead atoms. The molecular weight excluding hydrogens is 384 g/mol. The van der Waals surface area contributed by atoms with Gasteiger partial charge in [0, 0.05) is 6.21 Å². The normalized spacial score (nSPS) is 10.7. The maximum Gasteiger partial charge on any atom is 0.115 e. The molecule has 0 aliphatic rings. The van der Waals surface area contributed by atoms with Gasteiger partial charge in [-0.3, -0.25) is 0 Å². The number of anilines is 2. The van der Waals surface area contributed by atoms with Crippen molar-refractivity contribution in [2.75, 3.05) is 5.01 Å². The van der Waals surface area contributed by atoms with Gasteiger partial charge in [0.1, 0.15) is 11.5 Å². The number of para-hydroxylation sites is 2. The summed E-state index contributed by atoms with van der Waals surface area (Å²) in [6.07, 6.45) is 3.69. The van der Waals surface area contributed by atoms with E-state index in [9.17, 15) is 10.2 Å². The number of rotatable bonds is 6. The minimum absolute atomic E-state index is 0.210. The third kappa shape index (κ3) is 5.00. The fourth-order valence-corrected chi connectivity index (χ4v) is 3.24. The van der Waals surface area contributed by atoms with Crippen molar-refractivity contribution in [1.82, 2.24) is 0 Å². The standard InChI is InChI=1S/C27H22N2O2/c30-25-15-11-21(12-16-25)27(22-13-17-26(31)18-14-22)19-20-28-29(23-7-3-1-4-8-23)24-9-5-2-6-10-24/h1-20,30-31H. The summed E-state index contributed by atoms with van der Waals surface area (Å²) in [6, 6.07) is 33.9. The molecule has 0 aliphatic carbocycles. The van der Waals surface area contributed by atoms with Crippen LogP contribution in [0.4, 0.5) is 11.4 Å². The van der Waals surface area contributed by atoms with Crippen molar-refractivity contribution in [3.63, 3.8) is 0 Å². The van der Waals surface area contributed by atoms with Crippen LogP contribution >= 0.6 is 0 Å². The summed E-state index contributed by atoms with van der Waals surface area (Å²) in [5.41, 5.74) is 4.69. The lowest BCUT2D eigenvalue weighted by Crippen LogP contribution is -2.08. The lowest BCUT2D eigenvalue weighted by atomic mass is 9.97. The molecule has 0 spiro atoms. The molecule has 4 rings (SSSR count). The molecule has 152 valence electrons. The molecule has 0 unspecified atom stereocenters. The number of hydrazone groups is 1. The van der Waals surface area contributed by atoms with Gasteiger partial charge in [-0.1, -0.05) is 60.7 Å². The van der Waals surface area contributed by atoms with Gasteiger partial charge >= 0.3 is 0 Å². The number of nitrogens with zero attached hydrogens (tertiary/aromatic N) is 2. The Morgan fingerprint density at radius 2 is 1.00 bits per heavy atom. The summed E-state index contributed by atoms with van der Waals surface area (Å²) in [5, 5.41) is 25.9. The predicted molar refractivity (Wildman–Crippen MR) is 127 cm³/mol. The zero-order valence-electron chi connectivity index (χ0n) is 16.8. The number of hydrogen-bond acceptors (Lipinski definition) is 4. The maximum atomic E-state index is 9.66. The topological polar surface area (TPSA) is 56.1 Å². The highest BCUT2D eigenvalue weighted by Crippen LogP contribution is 2.27. The lowest BCUT2D eigenvalue weighted by Gasteiger charge is -2.19. The Labute approximate surface area is 181 Å². The first-order valence-electron chi connectivity index (χ1n) is 9.94. The van der Waals surface area contributed by atoms with Crippen LogP contribution in [-0.2, 0) is 0 Å². The molecule has 4 aromatic carbocycles. The Hall–Kier alpha value is -4.31. The molecule has 0 heterocycles. The summed E-state index contributed by atoms with van der Waals surface area (Å²) in [6.45, 7) is 0. The van der Waals surface area contributed by atoms with E-state index in [2.05, 4.69) is 0 Å². The molecule has 31 heavy (non-hydrogen) atoms. The minimum Gasteiger partial charge on any atom is -0.508 e. The van der Waals surface area contributed by atoms with Crippen LogP contribution in [0.25, 0.3) is 5.57 Å². The highest BCUT2D eigenvalue weighted by atomic mass is 16.3. The number of hydrogen-bond donors (Lipinski definition) is 2. The molecule has 0 atom stereocenters. The van der Waals surface area contributed by atoms with Gasteiger partial charge in [0.25, 0.3) is 0 Å². The number of phenols is 2. The van der Waals surface area contributed by atoms with Crippen LogP contribution in [-0.4, -0.2) is 16.4 Å². The Balaban J connectivity index is 1.74. The van der Waals surface area contributed by atoms with E-state index in [1.54, 1.807) is 30.5 Å². The van der Waals surface area contributed by atoms with Crippen LogP contribution in [0.2, 0.25) is 0 Å². The van der Waals surface area contributed by atoms with Crippen LogP contribution in [0.5, 0.6) is 11.5 Å². The van der Waals surface area contributed by atoms with Gasteiger partial charge in [-0.25, -0.2) is 5.01 Å². The van der Waals surface area contributed by atoms with Crippen molar-refractivity contribution >= 4 is 23.2 Å². The van der Waals surface area contributed by atoms with E-state index in [0.29, 0.717) is 0 Å². The monoisotopic (exact) mass is 406 g/mol. The van der Waals surface area contributed by atoms with E-state index in [-0.39, 0.29) is 11.5 Å². The second-order valence-electron chi connectivity index (χ2n) is 6.92. The molecule has 0 amide bonds. The van der Waals surface area contributed by atoms with E-state index in [1.165, 1.54) is 0 Å². The first-order valence-corrected chi connectivity index (χ1v) is 9.94. The molecular formula is C27H22N2O2. The van der Waals surface area contributed by atoms with Gasteiger partial charge in [-0.2, -0.15) is 5.10 Å². The van der Waals surface area contributed by atoms with Crippen LogP contribution < -0.4 is 5.01 Å². The summed E-state index contributed by atoms with van der Waals surface area (Å²) in [5.74, 6) is 0.420. The van der Waals surface area contributed by atoms with Gasteiger partial charge in [0.2, 0.25) is 0 Å². The maximum absolute atomic E-state index is 9.66. The number of aromatic hydroxyl groups is 2. The minimum atomic E-state index is 0.210. The first kappa shape index (κ1) is 20.0. The van der Waals surface area contributed by atoms with Crippen LogP contribution in [0.3, 0.4) is 0 Å². The molecule has 0 aromatic heterocycles. The molecule has 0 radical (unpaired) electrons. The van der Waals surface area contributed by atoms with Gasteiger partial charge < -0.3 is 10.2 Å². The Morgan fingerprint density at radius 1 is 0.581 bits per heavy atom. The van der Waals surface area contributed by atoms with Crippen molar-refractivity contribution in [2.45, 2.75) is 0 Å². The summed E-state index contributed by atoms with van der Waals surface area (Å²) in [4.78, 5) is 0. The average molecular weight is 406 g/mol. The number of allylic oxidation sites excluding steroid dienone is 1. The quantitative estimate of drug-likeness (QED) is 0.290. The third-order valence-electron chi connectivity index (χ3n) is 4.78. The van der Waals surface area contributed by atoms with E-state index >= 15 is 0 Å². The van der Waals surface area contributed by atoms with Gasteiger partial charge in [-0.15, -0.1) is 0 Å². The Kier molecular flexibility index (Phi) is 6.10. The predicted octanol–water partition coefficient (Wildman–Crippen LogP) is 6.35. The van der Waals surface area contributed by atoms with Crippen molar-refractivity contribution in [1.29, 1.82) is 0 Å². The van der Waals surface area contributed by atoms with Gasteiger partial charge in [0.05, 0.1) is 11.4 Å². The molecule has 4 heteroatoms. The molecule has 4 aromatic rings. The fourth-order valence-electron chi connectivity index (χ4n) is 3.24. The van der Waals surface area contributed by atoms with E-state index in [0.717, 1.165) is 28.1 Å². The Bertz CT molecular complexity index is 1080. The van der Waals surface area contributed by atoms with E-state index in [1.807, 2.05) is 96.0 Å². The molecule has 0 saturated heterocycles. The highest BCUT2D eigenvalue weighted by molar-refractivity contribution is 5.92. The smallest absolute Gasteiger partial charge is 0.115 e. The van der Waals surface area contributed by atoms with Crippen molar-refractivity contribution in [3.05, 3.63) is 126 Å². The summed E-state index contributed by atoms with van der Waals surface area (Å²) in [7, 11) is 0. The zero-order chi connectivity index (χ0) is 21.5. The second-order valence-corrected chi connectivity index (χ2v) is 6.92. The Morgan fingerprint density at radius 3 is 1.42 bits per heavy atom. The van der Waals surface area contributed by atoms with Gasteiger partial charge in [0.15, 0.2) is 0 Å². The van der Waals surface area contributed by atoms with Crippen molar-refractivity contribution in [3.8, 4) is 11.5 Å². The SMILES string of the molecule is Oc1ccc(C(=CC=NN(c2ccccc2)c2ccccc2)c2ccc(O)cc2)cc1. The second kappa shape index (κ2) is 9.46. The molecule has 2 N–H and O–H groups in total. The fraction of sp³-hybridized carbons (Fsp3) is 0. The molecule has 0 aliphatic heterocycles. The number of phenolic OH excluding ortho intramolecular Hbond substituents is 2. The van der Waals surface area contributed by atoms with Crippen LogP contribution in [0.15, 0.2) is 120 Å². The van der Waals surface area contributed by atoms with E-state index < -0.39 is 0 Å². The van der Waals surface area contributed by atoms with Crippen LogP contribution in [0.1, 0.15) is 11.1 Å². The summed E-state index contributed by atoms with van der Waals surface area (Å²) < 4.78 is 0. The average Bonchev–Trinajstić information content (AvgIpc) is 2.82. The third-order valence-corrected chi connectivity index (χ3v) is 4.78.